The smallest absolute Gasteiger partial charge is 0.276 e. The first-order valence-corrected chi connectivity index (χ1v) is 9.41. The van der Waals surface area contributed by atoms with Crippen LogP contribution in [0.25, 0.3) is 10.2 Å². The van der Waals surface area contributed by atoms with E-state index in [1.165, 1.54) is 17.7 Å². The molecule has 9 heteroatoms. The van der Waals surface area contributed by atoms with Gasteiger partial charge in [0.25, 0.3) is 5.91 Å². The van der Waals surface area contributed by atoms with Gasteiger partial charge >= 0.3 is 0 Å². The lowest BCUT2D eigenvalue weighted by Gasteiger charge is -2.33. The molecule has 7 nitrogen and oxygen atoms in total. The number of carbonyl (C=O) groups is 1. The molecular weight excluding hydrogens is 372 g/mol. The molecule has 2 aromatic heterocycles. The first-order valence-electron chi connectivity index (χ1n) is 8.21. The monoisotopic (exact) mass is 388 g/mol. The van der Waals surface area contributed by atoms with E-state index >= 15 is 0 Å². The lowest BCUT2D eigenvalue weighted by atomic mass is 10.3. The zero-order valence-electron chi connectivity index (χ0n) is 14.1. The normalized spacial score (nSPS) is 15.4. The van der Waals surface area contributed by atoms with Crippen molar-refractivity contribution < 1.29 is 4.79 Å². The fraction of sp³-hybridized carbons (Fsp3) is 0.294. The third-order valence-electron chi connectivity index (χ3n) is 4.28. The molecule has 1 fully saturated rings. The molecule has 4 rings (SSSR count). The summed E-state index contributed by atoms with van der Waals surface area (Å²) in [6.07, 6.45) is 1.43. The van der Waals surface area contributed by atoms with Crippen molar-refractivity contribution in [3.63, 3.8) is 0 Å². The minimum absolute atomic E-state index is 0.298. The minimum atomic E-state index is -0.298. The van der Waals surface area contributed by atoms with E-state index in [1.807, 2.05) is 12.1 Å². The minimum Gasteiger partial charge on any atom is -0.354 e. The van der Waals surface area contributed by atoms with Crippen LogP contribution in [0.5, 0.6) is 0 Å². The lowest BCUT2D eigenvalue weighted by Crippen LogP contribution is -2.44. The van der Waals surface area contributed by atoms with E-state index in [0.717, 1.165) is 42.2 Å². The van der Waals surface area contributed by atoms with Gasteiger partial charge in [-0.1, -0.05) is 22.9 Å². The summed E-state index contributed by atoms with van der Waals surface area (Å²) in [6, 6.07) is 7.17. The van der Waals surface area contributed by atoms with E-state index in [2.05, 4.69) is 37.1 Å². The Kier molecular flexibility index (Phi) is 4.71. The summed E-state index contributed by atoms with van der Waals surface area (Å²) in [5.74, 6) is 0.474. The van der Waals surface area contributed by atoms with Crippen LogP contribution >= 0.6 is 22.9 Å². The maximum atomic E-state index is 12.6. The Morgan fingerprint density at radius 1 is 1.19 bits per heavy atom. The number of nitrogens with zero attached hydrogens (tertiary/aromatic N) is 5. The van der Waals surface area contributed by atoms with Crippen LogP contribution in [0, 0.1) is 0 Å². The number of carbonyl (C=O) groups excluding carboxylic acids is 1. The molecule has 0 bridgehead atoms. The van der Waals surface area contributed by atoms with Crippen molar-refractivity contribution in [2.45, 2.75) is 0 Å². The van der Waals surface area contributed by atoms with Crippen LogP contribution in [0.3, 0.4) is 0 Å². The summed E-state index contributed by atoms with van der Waals surface area (Å²) in [5.41, 5.74) is 1.13. The van der Waals surface area contributed by atoms with Gasteiger partial charge in [-0.25, -0.2) is 15.0 Å². The second-order valence-corrected chi connectivity index (χ2v) is 7.60. The highest BCUT2D eigenvalue weighted by Gasteiger charge is 2.18. The molecule has 3 heterocycles. The standard InChI is InChI=1S/C17H17ClN6OS/c1-23-4-6-24(7-5-23)15-9-13(19-10-20-15)16(25)22-17-21-12-3-2-11(18)8-14(12)26-17/h2-3,8-10H,4-7H2,1H3,(H,21,22,25). The second kappa shape index (κ2) is 7.14. The first-order chi connectivity index (χ1) is 12.6. The summed E-state index contributed by atoms with van der Waals surface area (Å²) in [4.78, 5) is 29.8. The zero-order valence-corrected chi connectivity index (χ0v) is 15.7. The van der Waals surface area contributed by atoms with Gasteiger partial charge in [0.15, 0.2) is 5.13 Å². The number of aromatic nitrogens is 3. The summed E-state index contributed by atoms with van der Waals surface area (Å²) < 4.78 is 0.925. The predicted molar refractivity (Wildman–Crippen MR) is 104 cm³/mol. The van der Waals surface area contributed by atoms with Gasteiger partial charge in [0.2, 0.25) is 0 Å². The number of fused-ring (bicyclic) bond motifs is 1. The quantitative estimate of drug-likeness (QED) is 0.743. The Hall–Kier alpha value is -2.29. The molecule has 1 aliphatic heterocycles. The van der Waals surface area contributed by atoms with Crippen molar-refractivity contribution in [3.05, 3.63) is 41.3 Å². The lowest BCUT2D eigenvalue weighted by molar-refractivity contribution is 0.102. The molecule has 0 spiro atoms. The van der Waals surface area contributed by atoms with Crippen molar-refractivity contribution in [1.82, 2.24) is 19.9 Å². The molecule has 0 aliphatic carbocycles. The molecule has 0 radical (unpaired) electrons. The Labute approximate surface area is 159 Å². The third kappa shape index (κ3) is 3.62. The molecule has 134 valence electrons. The molecule has 1 saturated heterocycles. The van der Waals surface area contributed by atoms with E-state index < -0.39 is 0 Å². The molecule has 1 N–H and O–H groups in total. The summed E-state index contributed by atoms with van der Waals surface area (Å²) >= 11 is 7.38. The predicted octanol–water partition coefficient (Wildman–Crippen LogP) is 2.74. The maximum Gasteiger partial charge on any atom is 0.276 e. The molecule has 0 atom stereocenters. The van der Waals surface area contributed by atoms with Crippen molar-refractivity contribution in [1.29, 1.82) is 0 Å². The summed E-state index contributed by atoms with van der Waals surface area (Å²) in [7, 11) is 2.10. The number of hydrogen-bond acceptors (Lipinski definition) is 7. The van der Waals surface area contributed by atoms with E-state index in [-0.39, 0.29) is 5.91 Å². The SMILES string of the molecule is CN1CCN(c2cc(C(=O)Nc3nc4ccc(Cl)cc4s3)ncn2)CC1. The number of halogens is 1. The Bertz CT molecular complexity index is 953. The second-order valence-electron chi connectivity index (χ2n) is 6.14. The van der Waals surface area contributed by atoms with E-state index in [1.54, 1.807) is 12.1 Å². The van der Waals surface area contributed by atoms with Crippen LogP contribution in [0.1, 0.15) is 10.5 Å². The van der Waals surface area contributed by atoms with Crippen molar-refractivity contribution in [2.75, 3.05) is 43.4 Å². The molecule has 1 aromatic carbocycles. The number of rotatable bonds is 3. The molecular formula is C17H17ClN6OS. The summed E-state index contributed by atoms with van der Waals surface area (Å²) in [5, 5.41) is 3.98. The average Bonchev–Trinajstić information content (AvgIpc) is 3.03. The third-order valence-corrected chi connectivity index (χ3v) is 5.45. The number of likely N-dealkylation sites (N-methyl/N-ethyl adjacent to an activating group) is 1. The van der Waals surface area contributed by atoms with Gasteiger partial charge < -0.3 is 9.80 Å². The fourth-order valence-electron chi connectivity index (χ4n) is 2.79. The average molecular weight is 389 g/mol. The van der Waals surface area contributed by atoms with Gasteiger partial charge in [-0.05, 0) is 25.2 Å². The van der Waals surface area contributed by atoms with E-state index in [0.29, 0.717) is 15.8 Å². The van der Waals surface area contributed by atoms with Crippen LogP contribution in [0.4, 0.5) is 10.9 Å². The number of benzene rings is 1. The van der Waals surface area contributed by atoms with Gasteiger partial charge in [-0.2, -0.15) is 0 Å². The van der Waals surface area contributed by atoms with Crippen LogP contribution in [0.2, 0.25) is 5.02 Å². The molecule has 3 aromatic rings. The van der Waals surface area contributed by atoms with Crippen molar-refractivity contribution in [2.24, 2.45) is 0 Å². The highest BCUT2D eigenvalue weighted by molar-refractivity contribution is 7.22. The van der Waals surface area contributed by atoms with E-state index in [4.69, 9.17) is 11.6 Å². The summed E-state index contributed by atoms with van der Waals surface area (Å²) in [6.45, 7) is 3.71. The molecule has 0 saturated carbocycles. The number of hydrogen-bond donors (Lipinski definition) is 1. The number of nitrogens with one attached hydrogen (secondary N) is 1. The number of thiazole rings is 1. The number of piperazine rings is 1. The first kappa shape index (κ1) is 17.1. The van der Waals surface area contributed by atoms with Crippen LogP contribution < -0.4 is 10.2 Å². The Morgan fingerprint density at radius 3 is 2.81 bits per heavy atom. The fourth-order valence-corrected chi connectivity index (χ4v) is 3.93. The highest BCUT2D eigenvalue weighted by atomic mass is 35.5. The van der Waals surface area contributed by atoms with Crippen LogP contribution in [0.15, 0.2) is 30.6 Å². The molecule has 1 aliphatic rings. The van der Waals surface area contributed by atoms with Gasteiger partial charge in [-0.15, -0.1) is 0 Å². The number of amides is 1. The molecule has 0 unspecified atom stereocenters. The Morgan fingerprint density at radius 2 is 2.00 bits per heavy atom. The van der Waals surface area contributed by atoms with Gasteiger partial charge in [0, 0.05) is 37.3 Å². The van der Waals surface area contributed by atoms with Gasteiger partial charge in [-0.3, -0.25) is 10.1 Å². The van der Waals surface area contributed by atoms with E-state index in [9.17, 15) is 4.79 Å². The maximum absolute atomic E-state index is 12.6. The van der Waals surface area contributed by atoms with Crippen LogP contribution in [-0.4, -0.2) is 59.0 Å². The number of anilines is 2. The molecule has 1 amide bonds. The highest BCUT2D eigenvalue weighted by Crippen LogP contribution is 2.28. The largest absolute Gasteiger partial charge is 0.354 e. The molecule has 26 heavy (non-hydrogen) atoms. The van der Waals surface area contributed by atoms with Gasteiger partial charge in [0.05, 0.1) is 10.2 Å². The zero-order chi connectivity index (χ0) is 18.1. The van der Waals surface area contributed by atoms with Crippen LogP contribution in [-0.2, 0) is 0 Å². The van der Waals surface area contributed by atoms with Crippen molar-refractivity contribution in [3.8, 4) is 0 Å². The van der Waals surface area contributed by atoms with Crippen molar-refractivity contribution >= 4 is 50.0 Å². The van der Waals surface area contributed by atoms with Gasteiger partial charge in [0.1, 0.15) is 17.8 Å². The Balaban J connectivity index is 1.51. The topological polar surface area (TPSA) is 74.2 Å².